The number of halogens is 2. The average molecular weight is 544 g/mol. The number of nitrogens with one attached hydrogen (secondary N) is 2. The Bertz CT molecular complexity index is 787. The third kappa shape index (κ3) is 10.7. The predicted octanol–water partition coefficient (Wildman–Crippen LogP) is 3.91. The molecule has 0 radical (unpaired) electrons. The van der Waals surface area contributed by atoms with Crippen molar-refractivity contribution in [3.05, 3.63) is 59.9 Å². The molecule has 8 heteroatoms. The second kappa shape index (κ2) is 14.9. The van der Waals surface area contributed by atoms with Crippen molar-refractivity contribution in [1.82, 2.24) is 15.5 Å². The van der Waals surface area contributed by atoms with Gasteiger partial charge in [0.15, 0.2) is 17.5 Å². The molecule has 0 amide bonds. The first-order chi connectivity index (χ1) is 14.5. The molecule has 2 aromatic rings. The number of hydrogen-bond donors (Lipinski definition) is 2. The Hall–Kier alpha value is -2.07. The molecule has 0 aliphatic carbocycles. The fourth-order valence-corrected chi connectivity index (χ4v) is 2.72. The molecule has 2 aromatic carbocycles. The van der Waals surface area contributed by atoms with E-state index in [1.54, 1.807) is 25.2 Å². The topological polar surface area (TPSA) is 58.1 Å². The standard InChI is InChI=1S/C23H33FN4O2.HI/c1-18(30-22-9-6-5-8-21(22)24)16-26-23(25-2)27-17-19-10-12-20(13-11-19)29-15-7-14-28(3)4;/h5-6,8-13,18H,7,14-17H2,1-4H3,(H2,25,26,27);1H. The van der Waals surface area contributed by atoms with Crippen LogP contribution in [0.5, 0.6) is 11.5 Å². The summed E-state index contributed by atoms with van der Waals surface area (Å²) >= 11 is 0. The first-order valence-electron chi connectivity index (χ1n) is 10.2. The minimum Gasteiger partial charge on any atom is -0.494 e. The molecule has 0 spiro atoms. The van der Waals surface area contributed by atoms with Gasteiger partial charge in [0.1, 0.15) is 11.9 Å². The van der Waals surface area contributed by atoms with Gasteiger partial charge in [-0.25, -0.2) is 4.39 Å². The number of para-hydroxylation sites is 1. The number of ether oxygens (including phenoxy) is 2. The lowest BCUT2D eigenvalue weighted by Crippen LogP contribution is -2.41. The van der Waals surface area contributed by atoms with Gasteiger partial charge in [-0.2, -0.15) is 0 Å². The first-order valence-corrected chi connectivity index (χ1v) is 10.2. The van der Waals surface area contributed by atoms with E-state index >= 15 is 0 Å². The molecule has 0 fully saturated rings. The van der Waals surface area contributed by atoms with Crippen LogP contribution in [0.25, 0.3) is 0 Å². The second-order valence-corrected chi connectivity index (χ2v) is 7.31. The second-order valence-electron chi connectivity index (χ2n) is 7.31. The monoisotopic (exact) mass is 544 g/mol. The van der Waals surface area contributed by atoms with Gasteiger partial charge in [0.05, 0.1) is 13.2 Å². The molecule has 6 nitrogen and oxygen atoms in total. The minimum absolute atomic E-state index is 0. The number of rotatable bonds is 11. The van der Waals surface area contributed by atoms with Crippen LogP contribution in [-0.4, -0.2) is 57.8 Å². The predicted molar refractivity (Wildman–Crippen MR) is 135 cm³/mol. The summed E-state index contributed by atoms with van der Waals surface area (Å²) in [5.74, 6) is 1.41. The maximum atomic E-state index is 13.7. The van der Waals surface area contributed by atoms with Gasteiger partial charge in [-0.05, 0) is 57.3 Å². The molecule has 0 saturated carbocycles. The molecule has 1 atom stereocenters. The third-order valence-electron chi connectivity index (χ3n) is 4.35. The van der Waals surface area contributed by atoms with Crippen LogP contribution in [-0.2, 0) is 6.54 Å². The number of hydrogen-bond acceptors (Lipinski definition) is 4. The molecule has 1 unspecified atom stereocenters. The van der Waals surface area contributed by atoms with E-state index in [1.165, 1.54) is 6.07 Å². The lowest BCUT2D eigenvalue weighted by Gasteiger charge is -2.18. The minimum atomic E-state index is -0.364. The zero-order valence-electron chi connectivity index (χ0n) is 18.7. The summed E-state index contributed by atoms with van der Waals surface area (Å²) in [6.45, 7) is 4.72. The Morgan fingerprint density at radius 3 is 2.45 bits per heavy atom. The Labute approximate surface area is 202 Å². The highest BCUT2D eigenvalue weighted by atomic mass is 127. The van der Waals surface area contributed by atoms with Gasteiger partial charge in [-0.1, -0.05) is 24.3 Å². The SMILES string of the molecule is CN=C(NCc1ccc(OCCCN(C)C)cc1)NCC(C)Oc1ccccc1F.I. The van der Waals surface area contributed by atoms with Crippen molar-refractivity contribution in [2.24, 2.45) is 4.99 Å². The highest BCUT2D eigenvalue weighted by Gasteiger charge is 2.09. The van der Waals surface area contributed by atoms with Gasteiger partial charge >= 0.3 is 0 Å². The van der Waals surface area contributed by atoms with E-state index in [2.05, 4.69) is 34.6 Å². The summed E-state index contributed by atoms with van der Waals surface area (Å²) in [4.78, 5) is 6.36. The lowest BCUT2D eigenvalue weighted by molar-refractivity contribution is 0.214. The van der Waals surface area contributed by atoms with E-state index in [1.807, 2.05) is 31.2 Å². The van der Waals surface area contributed by atoms with E-state index in [0.717, 1.165) is 24.3 Å². The molecule has 0 heterocycles. The molecular weight excluding hydrogens is 510 g/mol. The van der Waals surface area contributed by atoms with Crippen LogP contribution in [0.2, 0.25) is 0 Å². The molecule has 31 heavy (non-hydrogen) atoms. The van der Waals surface area contributed by atoms with E-state index < -0.39 is 0 Å². The maximum absolute atomic E-state index is 13.7. The van der Waals surface area contributed by atoms with E-state index in [9.17, 15) is 4.39 Å². The Balaban J connectivity index is 0.00000480. The van der Waals surface area contributed by atoms with Crippen molar-refractivity contribution in [2.75, 3.05) is 40.8 Å². The molecule has 0 aliphatic rings. The molecule has 2 rings (SSSR count). The van der Waals surface area contributed by atoms with Crippen molar-refractivity contribution >= 4 is 29.9 Å². The number of aliphatic imine (C=N–C) groups is 1. The van der Waals surface area contributed by atoms with Crippen molar-refractivity contribution in [2.45, 2.75) is 26.0 Å². The van der Waals surface area contributed by atoms with Gasteiger partial charge in [0.2, 0.25) is 0 Å². The fraction of sp³-hybridized carbons (Fsp3) is 0.435. The van der Waals surface area contributed by atoms with Crippen LogP contribution >= 0.6 is 24.0 Å². The summed E-state index contributed by atoms with van der Waals surface area (Å²) in [6, 6.07) is 14.4. The van der Waals surface area contributed by atoms with Crippen molar-refractivity contribution in [1.29, 1.82) is 0 Å². The lowest BCUT2D eigenvalue weighted by atomic mass is 10.2. The molecular formula is C23H34FIN4O2. The van der Waals surface area contributed by atoms with Crippen LogP contribution in [0.3, 0.4) is 0 Å². The number of guanidine groups is 1. The van der Waals surface area contributed by atoms with Crippen molar-refractivity contribution < 1.29 is 13.9 Å². The molecule has 0 saturated heterocycles. The van der Waals surface area contributed by atoms with Crippen LogP contribution < -0.4 is 20.1 Å². The highest BCUT2D eigenvalue weighted by Crippen LogP contribution is 2.16. The normalized spacial score (nSPS) is 12.1. The van der Waals surface area contributed by atoms with E-state index in [-0.39, 0.29) is 41.6 Å². The number of nitrogens with zero attached hydrogens (tertiary/aromatic N) is 2. The Kier molecular flexibility index (Phi) is 12.9. The summed E-state index contributed by atoms with van der Waals surface area (Å²) < 4.78 is 25.1. The van der Waals surface area contributed by atoms with E-state index in [0.29, 0.717) is 25.7 Å². The van der Waals surface area contributed by atoms with Gasteiger partial charge in [0.25, 0.3) is 0 Å². The summed E-state index contributed by atoms with van der Waals surface area (Å²) in [5.41, 5.74) is 1.12. The van der Waals surface area contributed by atoms with Crippen molar-refractivity contribution in [3.63, 3.8) is 0 Å². The zero-order chi connectivity index (χ0) is 21.8. The molecule has 0 aromatic heterocycles. The molecule has 172 valence electrons. The van der Waals surface area contributed by atoms with Crippen LogP contribution in [0.1, 0.15) is 18.9 Å². The third-order valence-corrected chi connectivity index (χ3v) is 4.35. The van der Waals surface area contributed by atoms with Crippen LogP contribution in [0.15, 0.2) is 53.5 Å². The highest BCUT2D eigenvalue weighted by molar-refractivity contribution is 14.0. The fourth-order valence-electron chi connectivity index (χ4n) is 2.72. The van der Waals surface area contributed by atoms with Gasteiger partial charge in [-0.15, -0.1) is 24.0 Å². The van der Waals surface area contributed by atoms with E-state index in [4.69, 9.17) is 9.47 Å². The summed E-state index contributed by atoms with van der Waals surface area (Å²) in [7, 11) is 5.82. The van der Waals surface area contributed by atoms with Gasteiger partial charge in [-0.3, -0.25) is 4.99 Å². The quantitative estimate of drug-likeness (QED) is 0.195. The van der Waals surface area contributed by atoms with Crippen LogP contribution in [0, 0.1) is 5.82 Å². The first kappa shape index (κ1) is 27.0. The maximum Gasteiger partial charge on any atom is 0.191 e. The molecule has 0 aliphatic heterocycles. The zero-order valence-corrected chi connectivity index (χ0v) is 21.1. The van der Waals surface area contributed by atoms with Crippen molar-refractivity contribution in [3.8, 4) is 11.5 Å². The average Bonchev–Trinajstić information content (AvgIpc) is 2.74. The van der Waals surface area contributed by atoms with Crippen LogP contribution in [0.4, 0.5) is 4.39 Å². The summed E-state index contributed by atoms with van der Waals surface area (Å²) in [6.07, 6.45) is 0.779. The Morgan fingerprint density at radius 1 is 1.10 bits per heavy atom. The van der Waals surface area contributed by atoms with Gasteiger partial charge in [0, 0.05) is 20.1 Å². The van der Waals surface area contributed by atoms with Gasteiger partial charge < -0.3 is 25.0 Å². The summed E-state index contributed by atoms with van der Waals surface area (Å²) in [5, 5.41) is 6.46. The number of benzene rings is 2. The molecule has 2 N–H and O–H groups in total. The largest absolute Gasteiger partial charge is 0.494 e. The molecule has 0 bridgehead atoms. The Morgan fingerprint density at radius 2 is 1.81 bits per heavy atom. The smallest absolute Gasteiger partial charge is 0.191 e.